The van der Waals surface area contributed by atoms with Crippen LogP contribution in [-0.2, 0) is 4.79 Å². The van der Waals surface area contributed by atoms with Crippen molar-refractivity contribution in [3.05, 3.63) is 132 Å². The molecule has 0 atom stereocenters. The first-order chi connectivity index (χ1) is 18.1. The van der Waals surface area contributed by atoms with Crippen molar-refractivity contribution in [3.63, 3.8) is 0 Å². The van der Waals surface area contributed by atoms with Crippen LogP contribution in [0.2, 0.25) is 0 Å². The maximum Gasteiger partial charge on any atom is 0.266 e. The Kier molecular flexibility index (Phi) is 6.74. The third-order valence-electron chi connectivity index (χ3n) is 5.94. The van der Waals surface area contributed by atoms with Crippen molar-refractivity contribution in [2.24, 2.45) is 0 Å². The fourth-order valence-corrected chi connectivity index (χ4v) is 4.09. The lowest BCUT2D eigenvalue weighted by Crippen LogP contribution is -2.13. The van der Waals surface area contributed by atoms with Gasteiger partial charge in [-0.05, 0) is 54.5 Å². The van der Waals surface area contributed by atoms with Crippen molar-refractivity contribution in [1.82, 2.24) is 9.78 Å². The summed E-state index contributed by atoms with van der Waals surface area (Å²) in [7, 11) is 0. The molecule has 0 aliphatic carbocycles. The van der Waals surface area contributed by atoms with Gasteiger partial charge in [0.25, 0.3) is 5.91 Å². The first-order valence-electron chi connectivity index (χ1n) is 11.9. The normalized spacial score (nSPS) is 11.1. The molecule has 37 heavy (non-hydrogen) atoms. The van der Waals surface area contributed by atoms with E-state index in [1.165, 1.54) is 0 Å². The minimum atomic E-state index is -0.442. The number of nitrogens with one attached hydrogen (secondary N) is 1. The largest absolute Gasteiger partial charge is 0.321 e. The Balaban J connectivity index is 1.45. The smallest absolute Gasteiger partial charge is 0.266 e. The predicted molar refractivity (Wildman–Crippen MR) is 148 cm³/mol. The number of nitriles is 1. The van der Waals surface area contributed by atoms with Gasteiger partial charge in [0.05, 0.1) is 17.1 Å². The van der Waals surface area contributed by atoms with Crippen LogP contribution in [0, 0.1) is 18.3 Å². The van der Waals surface area contributed by atoms with Crippen molar-refractivity contribution in [3.8, 4) is 34.3 Å². The van der Waals surface area contributed by atoms with Crippen molar-refractivity contribution >= 4 is 17.7 Å². The van der Waals surface area contributed by atoms with E-state index >= 15 is 0 Å². The van der Waals surface area contributed by atoms with E-state index in [1.54, 1.807) is 12.1 Å². The summed E-state index contributed by atoms with van der Waals surface area (Å²) in [6.45, 7) is 1.95. The number of nitrogens with zero attached hydrogens (tertiary/aromatic N) is 3. The molecule has 0 spiro atoms. The van der Waals surface area contributed by atoms with Crippen molar-refractivity contribution < 1.29 is 4.79 Å². The number of aromatic nitrogens is 2. The third kappa shape index (κ3) is 5.39. The average molecular weight is 481 g/mol. The molecule has 0 fully saturated rings. The molecule has 1 amide bonds. The monoisotopic (exact) mass is 480 g/mol. The van der Waals surface area contributed by atoms with E-state index in [-0.39, 0.29) is 5.57 Å². The van der Waals surface area contributed by atoms with Crippen LogP contribution in [0.3, 0.4) is 0 Å². The van der Waals surface area contributed by atoms with Crippen molar-refractivity contribution in [2.75, 3.05) is 5.32 Å². The second kappa shape index (κ2) is 10.6. The second-order valence-corrected chi connectivity index (χ2v) is 8.64. The van der Waals surface area contributed by atoms with Gasteiger partial charge in [0, 0.05) is 16.8 Å². The Hall–Kier alpha value is -5.21. The summed E-state index contributed by atoms with van der Waals surface area (Å²) in [6.07, 6.45) is 1.59. The number of carbonyl (C=O) groups is 1. The van der Waals surface area contributed by atoms with E-state index in [9.17, 15) is 10.1 Å². The molecule has 1 heterocycles. The molecule has 4 aromatic carbocycles. The molecular weight excluding hydrogens is 456 g/mol. The highest BCUT2D eigenvalue weighted by atomic mass is 16.1. The summed E-state index contributed by atoms with van der Waals surface area (Å²) in [5.74, 6) is -0.442. The number of rotatable bonds is 6. The number of benzene rings is 4. The minimum absolute atomic E-state index is 0.0321. The van der Waals surface area contributed by atoms with Gasteiger partial charge in [-0.15, -0.1) is 0 Å². The molecule has 0 radical (unpaired) electrons. The molecule has 5 aromatic rings. The first-order valence-corrected chi connectivity index (χ1v) is 11.9. The predicted octanol–water partition coefficient (Wildman–Crippen LogP) is 7.06. The first kappa shape index (κ1) is 23.5. The Bertz CT molecular complexity index is 1610. The van der Waals surface area contributed by atoms with Crippen molar-refractivity contribution in [1.29, 1.82) is 5.26 Å². The molecule has 0 unspecified atom stereocenters. The fourth-order valence-electron chi connectivity index (χ4n) is 4.09. The SMILES string of the molecule is Cc1cccc(NC(=O)C(C#N)=Cc2ccc(-n3nc(-c4ccccc4)cc3-c3ccccc3)cc2)c1. The van der Waals surface area contributed by atoms with Gasteiger partial charge in [-0.25, -0.2) is 4.68 Å². The van der Waals surface area contributed by atoms with Crippen LogP contribution in [-0.4, -0.2) is 15.7 Å². The number of hydrogen-bond acceptors (Lipinski definition) is 3. The Morgan fingerprint density at radius 3 is 2.16 bits per heavy atom. The molecule has 0 bridgehead atoms. The topological polar surface area (TPSA) is 70.7 Å². The summed E-state index contributed by atoms with van der Waals surface area (Å²) in [6, 6.07) is 39.4. The summed E-state index contributed by atoms with van der Waals surface area (Å²) in [5, 5.41) is 17.3. The molecule has 178 valence electrons. The Morgan fingerprint density at radius 1 is 0.838 bits per heavy atom. The van der Waals surface area contributed by atoms with E-state index in [2.05, 4.69) is 23.5 Å². The van der Waals surface area contributed by atoms with Crippen LogP contribution in [0.15, 0.2) is 121 Å². The lowest BCUT2D eigenvalue weighted by molar-refractivity contribution is -0.112. The number of hydrogen-bond donors (Lipinski definition) is 1. The lowest BCUT2D eigenvalue weighted by atomic mass is 10.1. The van der Waals surface area contributed by atoms with Gasteiger partial charge < -0.3 is 5.32 Å². The van der Waals surface area contributed by atoms with E-state index in [4.69, 9.17) is 5.10 Å². The second-order valence-electron chi connectivity index (χ2n) is 8.64. The molecule has 0 aliphatic heterocycles. The van der Waals surface area contributed by atoms with Gasteiger partial charge in [0.2, 0.25) is 0 Å². The average Bonchev–Trinajstić information content (AvgIpc) is 3.39. The summed E-state index contributed by atoms with van der Waals surface area (Å²) in [4.78, 5) is 12.7. The zero-order valence-corrected chi connectivity index (χ0v) is 20.3. The molecule has 1 aromatic heterocycles. The van der Waals surface area contributed by atoms with E-state index in [0.29, 0.717) is 5.69 Å². The summed E-state index contributed by atoms with van der Waals surface area (Å²) < 4.78 is 1.92. The number of carbonyl (C=O) groups excluding carboxylic acids is 1. The highest BCUT2D eigenvalue weighted by molar-refractivity contribution is 6.09. The maximum absolute atomic E-state index is 12.7. The zero-order valence-electron chi connectivity index (χ0n) is 20.3. The molecule has 5 heteroatoms. The number of amides is 1. The molecule has 5 rings (SSSR count). The van der Waals surface area contributed by atoms with Crippen LogP contribution in [0.1, 0.15) is 11.1 Å². The third-order valence-corrected chi connectivity index (χ3v) is 5.94. The minimum Gasteiger partial charge on any atom is -0.321 e. The zero-order chi connectivity index (χ0) is 25.6. The van der Waals surface area contributed by atoms with Crippen LogP contribution >= 0.6 is 0 Å². The summed E-state index contributed by atoms with van der Waals surface area (Å²) in [5.41, 5.74) is 7.28. The summed E-state index contributed by atoms with van der Waals surface area (Å²) >= 11 is 0. The Labute approximate surface area is 216 Å². The molecule has 0 saturated heterocycles. The van der Waals surface area contributed by atoms with Crippen molar-refractivity contribution in [2.45, 2.75) is 6.92 Å². The van der Waals surface area contributed by atoms with Crippen LogP contribution in [0.4, 0.5) is 5.69 Å². The lowest BCUT2D eigenvalue weighted by Gasteiger charge is -2.08. The van der Waals surface area contributed by atoms with Gasteiger partial charge in [0.15, 0.2) is 0 Å². The molecule has 0 saturated carbocycles. The number of anilines is 1. The molecule has 1 N–H and O–H groups in total. The molecule has 0 aliphatic rings. The molecular formula is C32H24N4O. The maximum atomic E-state index is 12.7. The highest BCUT2D eigenvalue weighted by Gasteiger charge is 2.14. The van der Waals surface area contributed by atoms with Crippen LogP contribution < -0.4 is 5.32 Å². The number of aryl methyl sites for hydroxylation is 1. The van der Waals surface area contributed by atoms with Gasteiger partial charge in [-0.1, -0.05) is 84.9 Å². The Morgan fingerprint density at radius 2 is 1.51 bits per heavy atom. The van der Waals surface area contributed by atoms with Gasteiger partial charge in [0.1, 0.15) is 11.6 Å². The van der Waals surface area contributed by atoms with E-state index < -0.39 is 5.91 Å². The van der Waals surface area contributed by atoms with Crippen LogP contribution in [0.25, 0.3) is 34.3 Å². The standard InChI is InChI=1S/C32H24N4O/c1-23-9-8-14-28(19-23)34-32(37)27(22-33)20-24-15-17-29(18-16-24)36-31(26-12-6-3-7-13-26)21-30(35-36)25-10-4-2-5-11-25/h2-21H,1H3,(H,34,37). The van der Waals surface area contributed by atoms with E-state index in [1.807, 2.05) is 109 Å². The highest BCUT2D eigenvalue weighted by Crippen LogP contribution is 2.29. The van der Waals surface area contributed by atoms with Gasteiger partial charge >= 0.3 is 0 Å². The van der Waals surface area contributed by atoms with Crippen LogP contribution in [0.5, 0.6) is 0 Å². The van der Waals surface area contributed by atoms with E-state index in [0.717, 1.165) is 39.3 Å². The van der Waals surface area contributed by atoms with Gasteiger partial charge in [-0.2, -0.15) is 10.4 Å². The quantitative estimate of drug-likeness (QED) is 0.209. The van der Waals surface area contributed by atoms with Gasteiger partial charge in [-0.3, -0.25) is 4.79 Å². The molecule has 5 nitrogen and oxygen atoms in total. The fraction of sp³-hybridized carbons (Fsp3) is 0.0312.